The van der Waals surface area contributed by atoms with Gasteiger partial charge >= 0.3 is 11.9 Å². The lowest BCUT2D eigenvalue weighted by Gasteiger charge is -2.29. The van der Waals surface area contributed by atoms with E-state index in [4.69, 9.17) is 18.9 Å². The molecule has 0 spiro atoms. The van der Waals surface area contributed by atoms with Gasteiger partial charge in [-0.05, 0) is 116 Å². The summed E-state index contributed by atoms with van der Waals surface area (Å²) in [7, 11) is 2.10. The number of Topliss-reactive ketones (excluding diaryl/α,β-unsaturated/α-hetero) is 1. The average Bonchev–Trinajstić information content (AvgIpc) is 3.42. The van der Waals surface area contributed by atoms with Crippen molar-refractivity contribution in [2.24, 2.45) is 11.8 Å². The molecular formula is C67H131NO8. The normalized spacial score (nSPS) is 15.2. The predicted molar refractivity (Wildman–Crippen MR) is 323 cm³/mol. The van der Waals surface area contributed by atoms with Gasteiger partial charge in [-0.3, -0.25) is 14.4 Å². The maximum absolute atomic E-state index is 12.6. The summed E-state index contributed by atoms with van der Waals surface area (Å²) in [6, 6.07) is 0. The smallest absolute Gasteiger partial charge is 0.309 e. The van der Waals surface area contributed by atoms with Crippen molar-refractivity contribution < 1.29 is 38.4 Å². The molecule has 1 fully saturated rings. The van der Waals surface area contributed by atoms with E-state index in [-0.39, 0.29) is 29.9 Å². The lowest BCUT2D eigenvalue weighted by Crippen LogP contribution is -2.34. The molecule has 452 valence electrons. The first kappa shape index (κ1) is 74.5. The van der Waals surface area contributed by atoms with Crippen LogP contribution in [0.15, 0.2) is 0 Å². The highest BCUT2D eigenvalue weighted by Gasteiger charge is 2.27. The predicted octanol–water partition coefficient (Wildman–Crippen LogP) is 19.0. The minimum atomic E-state index is -0.639. The molecule has 9 heteroatoms. The van der Waals surface area contributed by atoms with Gasteiger partial charge in [0.2, 0.25) is 0 Å². The molecule has 1 heterocycles. The number of piperidine rings is 1. The largest absolute Gasteiger partial charge is 0.466 e. The van der Waals surface area contributed by atoms with Crippen LogP contribution in [0.2, 0.25) is 0 Å². The van der Waals surface area contributed by atoms with Gasteiger partial charge in [-0.15, -0.1) is 0 Å². The van der Waals surface area contributed by atoms with Crippen LogP contribution in [0, 0.1) is 11.8 Å². The second-order valence-electron chi connectivity index (χ2n) is 23.8. The van der Waals surface area contributed by atoms with Crippen LogP contribution >= 0.6 is 0 Å². The number of esters is 2. The summed E-state index contributed by atoms with van der Waals surface area (Å²) >= 11 is 0. The minimum Gasteiger partial charge on any atom is -0.466 e. The number of rotatable bonds is 55. The first-order valence-electron chi connectivity index (χ1n) is 33.5. The van der Waals surface area contributed by atoms with Gasteiger partial charge in [-0.2, -0.15) is 0 Å². The topological polar surface area (TPSA) is 112 Å². The Morgan fingerprint density at radius 2 is 0.816 bits per heavy atom. The zero-order valence-electron chi connectivity index (χ0n) is 52.1. The Kier molecular flexibility index (Phi) is 54.2. The lowest BCUT2D eigenvalue weighted by molar-refractivity contribution is -0.150. The van der Waals surface area contributed by atoms with E-state index in [1.807, 2.05) is 0 Å². The second kappa shape index (κ2) is 55.4. The van der Waals surface area contributed by atoms with Crippen LogP contribution in [0.1, 0.15) is 337 Å². The fraction of sp³-hybridized carbons (Fsp3) is 0.955. The highest BCUT2D eigenvalue weighted by molar-refractivity contribution is 5.80. The summed E-state index contributed by atoms with van der Waals surface area (Å²) in [5.41, 5.74) is -0.639. The van der Waals surface area contributed by atoms with Crippen molar-refractivity contribution in [3.8, 4) is 0 Å². The molecule has 0 saturated carbocycles. The second-order valence-corrected chi connectivity index (χ2v) is 23.8. The molecule has 0 radical (unpaired) electrons. The van der Waals surface area contributed by atoms with E-state index in [2.05, 4.69) is 60.4 Å². The first-order valence-corrected chi connectivity index (χ1v) is 33.5. The Labute approximate surface area is 472 Å². The quantitative estimate of drug-likeness (QED) is 0.0470. The van der Waals surface area contributed by atoms with Gasteiger partial charge in [0, 0.05) is 32.0 Å². The first-order chi connectivity index (χ1) is 37.0. The zero-order chi connectivity index (χ0) is 56.0. The molecule has 1 rings (SSSR count). The van der Waals surface area contributed by atoms with Crippen molar-refractivity contribution in [2.75, 3.05) is 46.6 Å². The van der Waals surface area contributed by atoms with Gasteiger partial charge in [-0.25, -0.2) is 0 Å². The van der Waals surface area contributed by atoms with Crippen LogP contribution < -0.4 is 0 Å². The number of hydrogen-bond acceptors (Lipinski definition) is 9. The van der Waals surface area contributed by atoms with Gasteiger partial charge in [0.1, 0.15) is 5.78 Å². The molecule has 0 bridgehead atoms. The number of hydrogen-bond donors (Lipinski definition) is 1. The summed E-state index contributed by atoms with van der Waals surface area (Å²) < 4.78 is 23.7. The summed E-state index contributed by atoms with van der Waals surface area (Å²) in [5.74, 6) is 0.547. The molecule has 76 heavy (non-hydrogen) atoms. The van der Waals surface area contributed by atoms with Crippen LogP contribution in [0.4, 0.5) is 0 Å². The third-order valence-electron chi connectivity index (χ3n) is 16.4. The maximum atomic E-state index is 12.6. The Hall–Kier alpha value is -1.55. The van der Waals surface area contributed by atoms with Crippen molar-refractivity contribution >= 4 is 17.7 Å². The van der Waals surface area contributed by atoms with E-state index in [1.165, 1.54) is 161 Å². The van der Waals surface area contributed by atoms with E-state index < -0.39 is 5.60 Å². The number of carbonyl (C=O) groups excluding carboxylic acids is 3. The zero-order valence-corrected chi connectivity index (χ0v) is 52.1. The number of ketones is 1. The van der Waals surface area contributed by atoms with E-state index in [0.717, 1.165) is 142 Å². The molecule has 1 aliphatic heterocycles. The molecule has 0 aromatic rings. The standard InChI is InChI=1S/C44H85NO6.C23H46O2/c1-5-8-11-14-15-20-27-41(49-37-24-18-13-10-7-3)28-29-42(46)50-38-25-19-17-22-33-44(48,32-21-16-12-9-6-2)34-23-26-39-51-43(47)40-30-35-45(4)36-31-40;1-5-8-10-12-13-15-17-22(18-19-23(24)21(4)7-3)25-20-16-14-11-9-6-2/h40-41,48H,5-39H2,1-4H3;21-22H,5-20H2,1-4H3. The summed E-state index contributed by atoms with van der Waals surface area (Å²) in [6.45, 7) is 20.0. The minimum absolute atomic E-state index is 0.0369. The Balaban J connectivity index is 0.00000188. The fourth-order valence-electron chi connectivity index (χ4n) is 10.6. The number of unbranched alkanes of at least 4 members (excludes halogenated alkanes) is 26. The monoisotopic (exact) mass is 1080 g/mol. The number of nitrogens with zero attached hydrogens (tertiary/aromatic N) is 1. The van der Waals surface area contributed by atoms with Gasteiger partial charge in [0.25, 0.3) is 0 Å². The van der Waals surface area contributed by atoms with E-state index in [1.54, 1.807) is 0 Å². The van der Waals surface area contributed by atoms with Crippen molar-refractivity contribution in [3.63, 3.8) is 0 Å². The SMILES string of the molecule is CCCCCCCCC(CCC(=O)C(C)CC)OCCCCCCC.CCCCCCCCC(CCC(=O)OCCCCCCC(O)(CCCCCCC)CCCCOC(=O)C1CCN(C)CC1)OCCCCCCC. The fourth-order valence-corrected chi connectivity index (χ4v) is 10.6. The Bertz CT molecular complexity index is 1220. The highest BCUT2D eigenvalue weighted by atomic mass is 16.5. The van der Waals surface area contributed by atoms with E-state index in [9.17, 15) is 19.5 Å². The molecule has 9 nitrogen and oxygen atoms in total. The highest BCUT2D eigenvalue weighted by Crippen LogP contribution is 2.29. The van der Waals surface area contributed by atoms with Crippen LogP contribution in [0.5, 0.6) is 0 Å². The molecule has 4 atom stereocenters. The van der Waals surface area contributed by atoms with E-state index in [0.29, 0.717) is 37.9 Å². The molecular weight excluding hydrogens is 947 g/mol. The summed E-state index contributed by atoms with van der Waals surface area (Å²) in [6.07, 6.45) is 50.5. The van der Waals surface area contributed by atoms with Crippen molar-refractivity contribution in [3.05, 3.63) is 0 Å². The molecule has 1 saturated heterocycles. The number of carbonyl (C=O) groups is 3. The van der Waals surface area contributed by atoms with E-state index >= 15 is 0 Å². The molecule has 0 aromatic heterocycles. The molecule has 1 aliphatic rings. The Morgan fingerprint density at radius 3 is 1.26 bits per heavy atom. The maximum Gasteiger partial charge on any atom is 0.309 e. The summed E-state index contributed by atoms with van der Waals surface area (Å²) in [4.78, 5) is 39.4. The Morgan fingerprint density at radius 1 is 0.461 bits per heavy atom. The summed E-state index contributed by atoms with van der Waals surface area (Å²) in [5, 5.41) is 11.6. The number of ether oxygens (including phenoxy) is 4. The van der Waals surface area contributed by atoms with Gasteiger partial charge in [0.05, 0.1) is 36.9 Å². The van der Waals surface area contributed by atoms with Crippen molar-refractivity contribution in [2.45, 2.75) is 355 Å². The lowest BCUT2D eigenvalue weighted by atomic mass is 9.85. The molecule has 0 amide bonds. The van der Waals surface area contributed by atoms with Crippen LogP contribution in [-0.4, -0.2) is 92.1 Å². The van der Waals surface area contributed by atoms with Crippen molar-refractivity contribution in [1.82, 2.24) is 4.90 Å². The van der Waals surface area contributed by atoms with Crippen LogP contribution in [0.3, 0.4) is 0 Å². The third kappa shape index (κ3) is 47.3. The van der Waals surface area contributed by atoms with Crippen LogP contribution in [0.25, 0.3) is 0 Å². The third-order valence-corrected chi connectivity index (χ3v) is 16.4. The molecule has 0 aliphatic carbocycles. The van der Waals surface area contributed by atoms with Gasteiger partial charge < -0.3 is 29.0 Å². The average molecular weight is 1080 g/mol. The van der Waals surface area contributed by atoms with Crippen LogP contribution in [-0.2, 0) is 33.3 Å². The van der Waals surface area contributed by atoms with Gasteiger partial charge in [0.15, 0.2) is 0 Å². The number of aliphatic hydroxyl groups is 1. The molecule has 1 N–H and O–H groups in total. The number of likely N-dealkylation sites (tertiary alicyclic amines) is 1. The van der Waals surface area contributed by atoms with Gasteiger partial charge in [-0.1, -0.05) is 228 Å². The molecule has 4 unspecified atom stereocenters. The molecule has 0 aromatic carbocycles. The van der Waals surface area contributed by atoms with Crippen molar-refractivity contribution in [1.29, 1.82) is 0 Å².